The minimum atomic E-state index is -1.12. The summed E-state index contributed by atoms with van der Waals surface area (Å²) in [7, 11) is 0. The maximum Gasteiger partial charge on any atom is 0.188 e. The van der Waals surface area contributed by atoms with Crippen LogP contribution >= 0.6 is 12.3 Å². The van der Waals surface area contributed by atoms with E-state index in [-0.39, 0.29) is 29.1 Å². The predicted octanol–water partition coefficient (Wildman–Crippen LogP) is 3.40. The quantitative estimate of drug-likeness (QED) is 0.694. The summed E-state index contributed by atoms with van der Waals surface area (Å²) in [6.45, 7) is 0. The zero-order valence-electron chi connectivity index (χ0n) is 12.3. The molecule has 5 rings (SSSR count). The predicted molar refractivity (Wildman–Crippen MR) is 84.7 cm³/mol. The molecule has 2 aromatic heterocycles. The van der Waals surface area contributed by atoms with E-state index in [0.717, 1.165) is 30.5 Å². The number of nitrogens with two attached hydrogens (primary N) is 1. The van der Waals surface area contributed by atoms with Crippen molar-refractivity contribution in [3.8, 4) is 11.5 Å². The second-order valence-corrected chi connectivity index (χ2v) is 6.94. The third-order valence-corrected chi connectivity index (χ3v) is 5.45. The Bertz CT molecular complexity index is 995. The van der Waals surface area contributed by atoms with Crippen LogP contribution in [0.2, 0.25) is 0 Å². The lowest BCUT2D eigenvalue weighted by molar-refractivity contribution is 0.519. The Labute approximate surface area is 138 Å². The number of aromatic amines is 1. The molecule has 5 nitrogen and oxygen atoms in total. The molecule has 2 atom stereocenters. The number of fused-ring (bicyclic) bond motifs is 3. The van der Waals surface area contributed by atoms with E-state index >= 15 is 0 Å². The number of imidazole rings is 1. The van der Waals surface area contributed by atoms with Gasteiger partial charge in [0.25, 0.3) is 0 Å². The summed E-state index contributed by atoms with van der Waals surface area (Å²) in [5.41, 5.74) is 7.61. The Balaban J connectivity index is 1.71. The highest BCUT2D eigenvalue weighted by atomic mass is 32.2. The molecule has 1 aromatic carbocycles. The van der Waals surface area contributed by atoms with Gasteiger partial charge in [0.1, 0.15) is 11.2 Å². The third-order valence-electron chi connectivity index (χ3n) is 5.02. The molecule has 2 unspecified atom stereocenters. The molecule has 0 radical (unpaired) electrons. The fourth-order valence-corrected chi connectivity index (χ4v) is 4.05. The second kappa shape index (κ2) is 4.69. The molecule has 9 heteroatoms. The van der Waals surface area contributed by atoms with E-state index in [2.05, 4.69) is 15.1 Å². The van der Waals surface area contributed by atoms with E-state index in [0.29, 0.717) is 23.4 Å². The molecule has 0 bridgehead atoms. The number of anilines is 1. The Hall–Kier alpha value is -2.16. The van der Waals surface area contributed by atoms with Crippen molar-refractivity contribution in [1.82, 2.24) is 19.2 Å². The first-order valence-electron chi connectivity index (χ1n) is 7.60. The van der Waals surface area contributed by atoms with Crippen molar-refractivity contribution in [1.29, 1.82) is 0 Å². The van der Waals surface area contributed by atoms with Crippen molar-refractivity contribution in [2.24, 2.45) is 11.8 Å². The molecule has 1 fully saturated rings. The fraction of sp³-hybridized carbons (Fsp3) is 0.333. The molecule has 0 aliphatic heterocycles. The number of nitrogens with zero attached hydrogens (tertiary/aromatic N) is 3. The number of hydrogen-bond donors (Lipinski definition) is 2. The summed E-state index contributed by atoms with van der Waals surface area (Å²) in [5.74, 6) is -0.698. The normalized spacial score (nSPS) is 21.8. The lowest BCUT2D eigenvalue weighted by atomic mass is 9.96. The van der Waals surface area contributed by atoms with Crippen LogP contribution in [-0.2, 0) is 12.8 Å². The Morgan fingerprint density at radius 1 is 1.25 bits per heavy atom. The minimum absolute atomic E-state index is 0.0442. The van der Waals surface area contributed by atoms with Gasteiger partial charge in [-0.1, -0.05) is 0 Å². The molecule has 124 valence electrons. The molecule has 0 amide bonds. The zero-order valence-corrected chi connectivity index (χ0v) is 13.1. The van der Waals surface area contributed by atoms with Gasteiger partial charge in [-0.2, -0.15) is 9.19 Å². The number of rotatable bonds is 2. The van der Waals surface area contributed by atoms with Crippen LogP contribution in [0.25, 0.3) is 22.6 Å². The number of hydrogen-bond acceptors (Lipinski definition) is 4. The van der Waals surface area contributed by atoms with Crippen LogP contribution in [-0.4, -0.2) is 19.2 Å². The van der Waals surface area contributed by atoms with Crippen LogP contribution in [0.15, 0.2) is 6.07 Å². The molecule has 2 heterocycles. The molecular weight excluding hydrogens is 339 g/mol. The average Bonchev–Trinajstić information content (AvgIpc) is 3.06. The summed E-state index contributed by atoms with van der Waals surface area (Å²) < 4.78 is 42.2. The number of nitrogen functional groups attached to an aromatic ring is 1. The molecule has 1 saturated carbocycles. The van der Waals surface area contributed by atoms with Crippen LogP contribution in [0.3, 0.4) is 0 Å². The molecule has 2 aliphatic carbocycles. The Kier molecular flexibility index (Phi) is 2.77. The van der Waals surface area contributed by atoms with Gasteiger partial charge in [-0.3, -0.25) is 0 Å². The van der Waals surface area contributed by atoms with E-state index in [1.165, 1.54) is 10.2 Å². The van der Waals surface area contributed by atoms with Gasteiger partial charge in [-0.25, -0.2) is 13.8 Å². The maximum atomic E-state index is 14.0. The van der Waals surface area contributed by atoms with Crippen molar-refractivity contribution < 1.29 is 12.7 Å². The summed E-state index contributed by atoms with van der Waals surface area (Å²) in [6.07, 6.45) is 2.74. The zero-order chi connectivity index (χ0) is 16.6. The first-order valence-corrected chi connectivity index (χ1v) is 8.27. The Morgan fingerprint density at radius 2 is 2.04 bits per heavy atom. The lowest BCUT2D eigenvalue weighted by Crippen LogP contribution is -2.07. The van der Waals surface area contributed by atoms with Gasteiger partial charge in [0.15, 0.2) is 29.8 Å². The fourth-order valence-electron chi connectivity index (χ4n) is 3.67. The monoisotopic (exact) mass is 351 g/mol. The minimum Gasteiger partial charge on any atom is -0.396 e. The molecule has 24 heavy (non-hydrogen) atoms. The number of halogens is 3. The molecule has 0 saturated heterocycles. The van der Waals surface area contributed by atoms with Crippen molar-refractivity contribution in [3.05, 3.63) is 29.0 Å². The highest BCUT2D eigenvalue weighted by Gasteiger charge is 2.44. The van der Waals surface area contributed by atoms with Crippen LogP contribution < -0.4 is 5.73 Å². The third kappa shape index (κ3) is 1.84. The van der Waals surface area contributed by atoms with Gasteiger partial charge in [0, 0.05) is 5.56 Å². The molecule has 3 aromatic rings. The highest BCUT2D eigenvalue weighted by molar-refractivity contribution is 7.92. The summed E-state index contributed by atoms with van der Waals surface area (Å²) >= 11 is 0.0442. The van der Waals surface area contributed by atoms with Crippen LogP contribution in [0.5, 0.6) is 0 Å². The maximum absolute atomic E-state index is 14.0. The first kappa shape index (κ1) is 14.2. The van der Waals surface area contributed by atoms with Gasteiger partial charge in [-0.15, -0.1) is 3.89 Å². The molecule has 2 aliphatic rings. The van der Waals surface area contributed by atoms with Gasteiger partial charge >= 0.3 is 0 Å². The van der Waals surface area contributed by atoms with E-state index in [9.17, 15) is 12.7 Å². The molecular formula is C15H12F3N5S. The Morgan fingerprint density at radius 3 is 2.83 bits per heavy atom. The van der Waals surface area contributed by atoms with Gasteiger partial charge in [0.2, 0.25) is 0 Å². The number of H-pyrrole nitrogens is 1. The summed E-state index contributed by atoms with van der Waals surface area (Å²) in [6, 6.07) is 1.30. The SMILES string of the molecule is Nc1cc2[nH]c(-c3nn(SF)c4c3CC3CC3C4)nc2c(F)c1F. The standard InChI is InChI=1S/C15H12F3N5S/c16-11-8(19)4-9-14(12(11)17)21-15(20-9)13-7-2-5-1-6(5)3-10(7)23(22-13)24-18/h4-6H,1-3,19H2,(H,20,21). The smallest absolute Gasteiger partial charge is 0.188 e. The summed E-state index contributed by atoms with van der Waals surface area (Å²) in [5, 5.41) is 4.27. The molecule has 3 N–H and O–H groups in total. The van der Waals surface area contributed by atoms with E-state index < -0.39 is 11.6 Å². The highest BCUT2D eigenvalue weighted by Crippen LogP contribution is 2.50. The second-order valence-electron chi connectivity index (χ2n) is 6.46. The van der Waals surface area contributed by atoms with Crippen LogP contribution in [0, 0.1) is 23.5 Å². The van der Waals surface area contributed by atoms with Crippen molar-refractivity contribution in [2.75, 3.05) is 5.73 Å². The number of benzene rings is 1. The number of nitrogens with one attached hydrogen (secondary N) is 1. The van der Waals surface area contributed by atoms with E-state index in [4.69, 9.17) is 5.73 Å². The molecule has 0 spiro atoms. The first-order chi connectivity index (χ1) is 11.6. The van der Waals surface area contributed by atoms with E-state index in [1.54, 1.807) is 0 Å². The van der Waals surface area contributed by atoms with Crippen molar-refractivity contribution in [2.45, 2.75) is 19.3 Å². The van der Waals surface area contributed by atoms with Gasteiger partial charge in [-0.05, 0) is 37.2 Å². The van der Waals surface area contributed by atoms with Gasteiger partial charge < -0.3 is 10.7 Å². The van der Waals surface area contributed by atoms with E-state index in [1.807, 2.05) is 0 Å². The topological polar surface area (TPSA) is 72.5 Å². The van der Waals surface area contributed by atoms with Crippen molar-refractivity contribution >= 4 is 29.1 Å². The van der Waals surface area contributed by atoms with Crippen LogP contribution in [0.1, 0.15) is 17.7 Å². The lowest BCUT2D eigenvalue weighted by Gasteiger charge is -2.11. The van der Waals surface area contributed by atoms with Gasteiger partial charge in [0.05, 0.1) is 16.9 Å². The number of aromatic nitrogens is 4. The van der Waals surface area contributed by atoms with Crippen molar-refractivity contribution in [3.63, 3.8) is 0 Å². The largest absolute Gasteiger partial charge is 0.396 e. The summed E-state index contributed by atoms with van der Waals surface area (Å²) in [4.78, 5) is 7.08. The average molecular weight is 351 g/mol. The van der Waals surface area contributed by atoms with Crippen LogP contribution in [0.4, 0.5) is 18.4 Å².